The van der Waals surface area contributed by atoms with Crippen LogP contribution >= 0.6 is 21.6 Å². The highest BCUT2D eigenvalue weighted by molar-refractivity contribution is 8.82. The van der Waals surface area contributed by atoms with E-state index in [4.69, 9.17) is 23.4 Å². The third kappa shape index (κ3) is 9.39. The highest BCUT2D eigenvalue weighted by Crippen LogP contribution is 2.42. The van der Waals surface area contributed by atoms with E-state index in [1.54, 1.807) is 26.0 Å². The first kappa shape index (κ1) is 38.3. The number of hydrogen-bond acceptors (Lipinski definition) is 10. The van der Waals surface area contributed by atoms with Crippen molar-refractivity contribution >= 4 is 60.9 Å². The summed E-state index contributed by atoms with van der Waals surface area (Å²) in [5.41, 5.74) is 3.14. The predicted octanol–water partition coefficient (Wildman–Crippen LogP) is 11.1. The number of rotatable bonds is 11. The van der Waals surface area contributed by atoms with Crippen LogP contribution in [0.4, 0.5) is 9.59 Å². The second kappa shape index (κ2) is 16.3. The SMILES string of the molecule is COC(=O)SSc1cccc2c1oc1c(OC(=O)C(Cc3ccc(OC(C)(C)C)cc3)NC(=O)OC(C)(C)c3ccc(-c4ccccc4)cc3)cccc12. The molecular weight excluding hydrogens is 723 g/mol. The zero-order valence-corrected chi connectivity index (χ0v) is 32.5. The topological polar surface area (TPSA) is 113 Å². The lowest BCUT2D eigenvalue weighted by atomic mass is 9.95. The van der Waals surface area contributed by atoms with Crippen molar-refractivity contribution < 1.29 is 37.7 Å². The third-order valence-electron chi connectivity index (χ3n) is 8.43. The van der Waals surface area contributed by atoms with Gasteiger partial charge in [-0.3, -0.25) is 0 Å². The van der Waals surface area contributed by atoms with Gasteiger partial charge in [-0.05, 0) is 91.9 Å². The molecular formula is C43H41NO8S2. The van der Waals surface area contributed by atoms with Crippen molar-refractivity contribution in [1.82, 2.24) is 5.32 Å². The van der Waals surface area contributed by atoms with Crippen molar-refractivity contribution in [2.75, 3.05) is 7.11 Å². The minimum absolute atomic E-state index is 0.109. The molecule has 0 aliphatic heterocycles. The summed E-state index contributed by atoms with van der Waals surface area (Å²) < 4.78 is 29.0. The van der Waals surface area contributed by atoms with Gasteiger partial charge in [-0.25, -0.2) is 14.4 Å². The molecule has 1 amide bonds. The van der Waals surface area contributed by atoms with Gasteiger partial charge in [0, 0.05) is 28.0 Å². The normalized spacial score (nSPS) is 12.3. The summed E-state index contributed by atoms with van der Waals surface area (Å²) in [7, 11) is 3.46. The summed E-state index contributed by atoms with van der Waals surface area (Å²) >= 11 is 0. The number of hydrogen-bond donors (Lipinski definition) is 1. The van der Waals surface area contributed by atoms with Crippen molar-refractivity contribution in [1.29, 1.82) is 0 Å². The summed E-state index contributed by atoms with van der Waals surface area (Å²) in [5, 5.41) is 3.83. The molecule has 0 aliphatic carbocycles. The summed E-state index contributed by atoms with van der Waals surface area (Å²) in [6.45, 7) is 9.48. The van der Waals surface area contributed by atoms with Crippen LogP contribution in [-0.4, -0.2) is 36.1 Å². The number of para-hydroxylation sites is 2. The highest BCUT2D eigenvalue weighted by atomic mass is 33.1. The fourth-order valence-electron chi connectivity index (χ4n) is 5.84. The maximum atomic E-state index is 14.0. The number of methoxy groups -OCH3 is 1. The molecule has 0 aliphatic rings. The Hall–Kier alpha value is -5.39. The van der Waals surface area contributed by atoms with Crippen LogP contribution < -0.4 is 14.8 Å². The summed E-state index contributed by atoms with van der Waals surface area (Å²) in [4.78, 5) is 40.1. The third-order valence-corrected chi connectivity index (χ3v) is 10.5. The average molecular weight is 764 g/mol. The molecule has 0 fully saturated rings. The Kier molecular flexibility index (Phi) is 11.6. The van der Waals surface area contributed by atoms with Crippen LogP contribution in [0.15, 0.2) is 125 Å². The Morgan fingerprint density at radius 1 is 0.741 bits per heavy atom. The summed E-state index contributed by atoms with van der Waals surface area (Å²) in [6.07, 6.45) is -0.675. The van der Waals surface area contributed by atoms with Gasteiger partial charge in [-0.2, -0.15) is 0 Å². The molecule has 6 rings (SSSR count). The Balaban J connectivity index is 1.24. The van der Waals surface area contributed by atoms with Crippen molar-refractivity contribution in [2.45, 2.75) is 63.2 Å². The molecule has 278 valence electrons. The molecule has 6 aromatic rings. The van der Waals surface area contributed by atoms with E-state index < -0.39 is 29.0 Å². The van der Waals surface area contributed by atoms with E-state index in [2.05, 4.69) is 5.32 Å². The molecule has 1 N–H and O–H groups in total. The molecule has 5 aromatic carbocycles. The number of nitrogens with one attached hydrogen (secondary N) is 1. The molecule has 0 spiro atoms. The number of ether oxygens (including phenoxy) is 4. The Bertz CT molecular complexity index is 2260. The average Bonchev–Trinajstić information content (AvgIpc) is 3.54. The maximum Gasteiger partial charge on any atom is 0.408 e. The number of alkyl carbamates (subject to hydrolysis) is 1. The number of fused-ring (bicyclic) bond motifs is 3. The second-order valence-corrected chi connectivity index (χ2v) is 16.1. The van der Waals surface area contributed by atoms with Crippen molar-refractivity contribution in [2.24, 2.45) is 0 Å². The van der Waals surface area contributed by atoms with Crippen molar-refractivity contribution in [3.8, 4) is 22.6 Å². The lowest BCUT2D eigenvalue weighted by Crippen LogP contribution is -2.46. The van der Waals surface area contributed by atoms with Crippen molar-refractivity contribution in [3.05, 3.63) is 126 Å². The van der Waals surface area contributed by atoms with Crippen LogP contribution in [-0.2, 0) is 26.3 Å². The first-order valence-electron chi connectivity index (χ1n) is 17.3. The van der Waals surface area contributed by atoms with Gasteiger partial charge in [0.25, 0.3) is 0 Å². The van der Waals surface area contributed by atoms with Crippen LogP contribution in [0.5, 0.6) is 11.5 Å². The lowest BCUT2D eigenvalue weighted by molar-refractivity contribution is -0.136. The lowest BCUT2D eigenvalue weighted by Gasteiger charge is -2.27. The number of amides is 1. The molecule has 0 radical (unpaired) electrons. The predicted molar refractivity (Wildman–Crippen MR) is 214 cm³/mol. The van der Waals surface area contributed by atoms with E-state index in [9.17, 15) is 14.4 Å². The molecule has 11 heteroatoms. The van der Waals surface area contributed by atoms with Crippen LogP contribution in [0.1, 0.15) is 45.7 Å². The number of carbonyl (C=O) groups excluding carboxylic acids is 3. The van der Waals surface area contributed by atoms with Crippen LogP contribution in [0, 0.1) is 0 Å². The van der Waals surface area contributed by atoms with Crippen LogP contribution in [0.3, 0.4) is 0 Å². The zero-order valence-electron chi connectivity index (χ0n) is 30.8. The molecule has 0 saturated heterocycles. The van der Waals surface area contributed by atoms with Crippen molar-refractivity contribution in [3.63, 3.8) is 0 Å². The Labute approximate surface area is 322 Å². The zero-order chi connectivity index (χ0) is 38.5. The minimum atomic E-state index is -1.13. The van der Waals surface area contributed by atoms with Crippen LogP contribution in [0.2, 0.25) is 0 Å². The molecule has 1 aromatic heterocycles. The van der Waals surface area contributed by atoms with Gasteiger partial charge in [0.15, 0.2) is 11.3 Å². The van der Waals surface area contributed by atoms with Gasteiger partial charge < -0.3 is 28.7 Å². The molecule has 0 bridgehead atoms. The Morgan fingerprint density at radius 3 is 2.06 bits per heavy atom. The first-order valence-corrected chi connectivity index (χ1v) is 19.5. The number of esters is 1. The molecule has 54 heavy (non-hydrogen) atoms. The quantitative estimate of drug-likeness (QED) is 0.0777. The van der Waals surface area contributed by atoms with E-state index in [0.29, 0.717) is 21.8 Å². The standard InChI is InChI=1S/C43H41NO8S2/c1-42(2,3)51-31-24-18-27(19-25-31)26-34(44-40(46)52-43(4,5)30-22-20-29(21-23-30)28-12-8-7-9-13-28)39(45)49-35-16-10-14-32-33-15-11-17-36(38(33)50-37(32)35)53-54-41(47)48-6/h7-25,34H,26H2,1-6H3,(H,44,46). The van der Waals surface area contributed by atoms with Gasteiger partial charge in [-0.15, -0.1) is 0 Å². The fraction of sp³-hybridized carbons (Fsp3) is 0.233. The smallest absolute Gasteiger partial charge is 0.408 e. The molecule has 0 saturated carbocycles. The van der Waals surface area contributed by atoms with Gasteiger partial charge >= 0.3 is 17.4 Å². The van der Waals surface area contributed by atoms with Gasteiger partial charge in [0.1, 0.15) is 28.6 Å². The maximum absolute atomic E-state index is 14.0. The van der Waals surface area contributed by atoms with E-state index in [0.717, 1.165) is 43.8 Å². The largest absolute Gasteiger partial charge is 0.488 e. The first-order chi connectivity index (χ1) is 25.8. The second-order valence-electron chi connectivity index (χ2n) is 14.0. The van der Waals surface area contributed by atoms with Crippen LogP contribution in [0.25, 0.3) is 33.1 Å². The monoisotopic (exact) mass is 763 g/mol. The molecule has 1 heterocycles. The van der Waals surface area contributed by atoms with E-state index in [1.165, 1.54) is 17.9 Å². The highest BCUT2D eigenvalue weighted by Gasteiger charge is 2.30. The number of carbonyl (C=O) groups is 3. The van der Waals surface area contributed by atoms with Gasteiger partial charge in [-0.1, -0.05) is 91.0 Å². The minimum Gasteiger partial charge on any atom is -0.488 e. The Morgan fingerprint density at radius 2 is 1.39 bits per heavy atom. The number of furan rings is 1. The van der Waals surface area contributed by atoms with Gasteiger partial charge in [0.2, 0.25) is 0 Å². The van der Waals surface area contributed by atoms with E-state index in [-0.39, 0.29) is 17.8 Å². The van der Waals surface area contributed by atoms with Gasteiger partial charge in [0.05, 0.1) is 12.0 Å². The fourth-order valence-corrected chi connectivity index (χ4v) is 7.50. The molecule has 1 unspecified atom stereocenters. The summed E-state index contributed by atoms with van der Waals surface area (Å²) in [6, 6.07) is 34.9. The van der Waals surface area contributed by atoms with E-state index in [1.807, 2.05) is 124 Å². The number of benzene rings is 5. The summed E-state index contributed by atoms with van der Waals surface area (Å²) in [5.74, 6) is 0.144. The molecule has 9 nitrogen and oxygen atoms in total. The van der Waals surface area contributed by atoms with E-state index >= 15 is 0 Å². The molecule has 1 atom stereocenters.